The Hall–Kier alpha value is -1.26. The van der Waals surface area contributed by atoms with Crippen molar-refractivity contribution in [3.8, 4) is 0 Å². The summed E-state index contributed by atoms with van der Waals surface area (Å²) >= 11 is 6.03. The Kier molecular flexibility index (Phi) is 5.80. The molecule has 1 aromatic rings. The number of rotatable bonds is 6. The summed E-state index contributed by atoms with van der Waals surface area (Å²) in [5.74, 6) is -0.0821. The van der Waals surface area contributed by atoms with Crippen LogP contribution in [0.4, 0.5) is 5.69 Å². The summed E-state index contributed by atoms with van der Waals surface area (Å²) in [5, 5.41) is 6.37. The number of aryl methyl sites for hydroxylation is 1. The second kappa shape index (κ2) is 7.14. The van der Waals surface area contributed by atoms with E-state index in [2.05, 4.69) is 10.6 Å². The molecule has 94 valence electrons. The van der Waals surface area contributed by atoms with Crippen LogP contribution in [-0.2, 0) is 9.53 Å². The van der Waals surface area contributed by atoms with Crippen LogP contribution < -0.4 is 10.6 Å². The van der Waals surface area contributed by atoms with Gasteiger partial charge in [0.2, 0.25) is 5.91 Å². The van der Waals surface area contributed by atoms with Crippen LogP contribution in [0.2, 0.25) is 5.02 Å². The van der Waals surface area contributed by atoms with Gasteiger partial charge in [-0.1, -0.05) is 23.7 Å². The number of amides is 1. The molecule has 0 aromatic heterocycles. The number of hydrogen-bond donors (Lipinski definition) is 2. The zero-order valence-electron chi connectivity index (χ0n) is 10.0. The minimum Gasteiger partial charge on any atom is -0.383 e. The molecule has 0 fully saturated rings. The molecule has 2 N–H and O–H groups in total. The lowest BCUT2D eigenvalue weighted by molar-refractivity contribution is -0.119. The Morgan fingerprint density at radius 2 is 2.24 bits per heavy atom. The fraction of sp³-hybridized carbons (Fsp3) is 0.417. The highest BCUT2D eigenvalue weighted by atomic mass is 35.5. The van der Waals surface area contributed by atoms with Gasteiger partial charge in [-0.05, 0) is 18.6 Å². The number of ether oxygens (including phenoxy) is 1. The molecule has 1 amide bonds. The van der Waals surface area contributed by atoms with Gasteiger partial charge in [-0.15, -0.1) is 0 Å². The highest BCUT2D eigenvalue weighted by molar-refractivity contribution is 6.33. The van der Waals surface area contributed by atoms with Gasteiger partial charge in [0.15, 0.2) is 0 Å². The van der Waals surface area contributed by atoms with Crippen LogP contribution in [0.25, 0.3) is 0 Å². The standard InChI is InChI=1S/C12H17ClN2O2/c1-9-4-3-5-10(13)12(9)15-8-11(16)14-6-7-17-2/h3-5,15H,6-8H2,1-2H3,(H,14,16). The van der Waals surface area contributed by atoms with E-state index >= 15 is 0 Å². The van der Waals surface area contributed by atoms with Gasteiger partial charge >= 0.3 is 0 Å². The minimum absolute atomic E-state index is 0.0821. The number of hydrogen-bond acceptors (Lipinski definition) is 3. The Morgan fingerprint density at radius 1 is 1.47 bits per heavy atom. The Balaban J connectivity index is 2.42. The highest BCUT2D eigenvalue weighted by Gasteiger charge is 2.05. The predicted molar refractivity (Wildman–Crippen MR) is 69.6 cm³/mol. The van der Waals surface area contributed by atoms with Crippen molar-refractivity contribution >= 4 is 23.2 Å². The average Bonchev–Trinajstić information content (AvgIpc) is 2.29. The number of methoxy groups -OCH3 is 1. The topological polar surface area (TPSA) is 50.4 Å². The summed E-state index contributed by atoms with van der Waals surface area (Å²) in [7, 11) is 1.59. The lowest BCUT2D eigenvalue weighted by atomic mass is 10.2. The molecule has 0 saturated heterocycles. The fourth-order valence-corrected chi connectivity index (χ4v) is 1.67. The Bertz CT molecular complexity index is 363. The monoisotopic (exact) mass is 256 g/mol. The Morgan fingerprint density at radius 3 is 2.88 bits per heavy atom. The van der Waals surface area contributed by atoms with Crippen molar-refractivity contribution in [3.63, 3.8) is 0 Å². The van der Waals surface area contributed by atoms with Gasteiger partial charge in [0.25, 0.3) is 0 Å². The zero-order valence-corrected chi connectivity index (χ0v) is 10.8. The van der Waals surface area contributed by atoms with Gasteiger partial charge in [-0.3, -0.25) is 4.79 Å². The van der Waals surface area contributed by atoms with Gasteiger partial charge < -0.3 is 15.4 Å². The van der Waals surface area contributed by atoms with E-state index in [-0.39, 0.29) is 12.5 Å². The molecule has 0 spiro atoms. The third-order valence-electron chi connectivity index (χ3n) is 2.28. The third kappa shape index (κ3) is 4.63. The molecule has 1 rings (SSSR count). The predicted octanol–water partition coefficient (Wildman–Crippen LogP) is 1.82. The summed E-state index contributed by atoms with van der Waals surface area (Å²) in [5.41, 5.74) is 1.82. The number of halogens is 1. The second-order valence-corrected chi connectivity index (χ2v) is 4.04. The summed E-state index contributed by atoms with van der Waals surface area (Å²) < 4.78 is 4.84. The van der Waals surface area contributed by atoms with Gasteiger partial charge in [-0.2, -0.15) is 0 Å². The van der Waals surface area contributed by atoms with Crippen molar-refractivity contribution in [2.45, 2.75) is 6.92 Å². The number of benzene rings is 1. The van der Waals surface area contributed by atoms with Crippen LogP contribution in [0.1, 0.15) is 5.56 Å². The van der Waals surface area contributed by atoms with Crippen molar-refractivity contribution < 1.29 is 9.53 Å². The van der Waals surface area contributed by atoms with Crippen molar-refractivity contribution in [1.82, 2.24) is 5.32 Å². The van der Waals surface area contributed by atoms with Gasteiger partial charge in [-0.25, -0.2) is 0 Å². The molecule has 0 aliphatic heterocycles. The van der Waals surface area contributed by atoms with E-state index in [1.165, 1.54) is 0 Å². The van der Waals surface area contributed by atoms with Crippen LogP contribution in [0, 0.1) is 6.92 Å². The molecule has 0 unspecified atom stereocenters. The maximum absolute atomic E-state index is 11.4. The highest BCUT2D eigenvalue weighted by Crippen LogP contribution is 2.24. The molecule has 17 heavy (non-hydrogen) atoms. The maximum atomic E-state index is 11.4. The molecular weight excluding hydrogens is 240 g/mol. The van der Waals surface area contributed by atoms with Crippen LogP contribution in [0.5, 0.6) is 0 Å². The normalized spacial score (nSPS) is 10.1. The minimum atomic E-state index is -0.0821. The van der Waals surface area contributed by atoms with E-state index in [0.717, 1.165) is 11.3 Å². The van der Waals surface area contributed by atoms with E-state index in [1.807, 2.05) is 19.1 Å². The van der Waals surface area contributed by atoms with Crippen molar-refractivity contribution in [2.75, 3.05) is 32.1 Å². The molecule has 0 atom stereocenters. The van der Waals surface area contributed by atoms with Gasteiger partial charge in [0, 0.05) is 13.7 Å². The number of carbonyl (C=O) groups excluding carboxylic acids is 1. The maximum Gasteiger partial charge on any atom is 0.239 e. The molecule has 0 bridgehead atoms. The van der Waals surface area contributed by atoms with Crippen LogP contribution in [0.3, 0.4) is 0 Å². The van der Waals surface area contributed by atoms with E-state index in [0.29, 0.717) is 18.2 Å². The second-order valence-electron chi connectivity index (χ2n) is 3.63. The zero-order chi connectivity index (χ0) is 12.7. The lowest BCUT2D eigenvalue weighted by Crippen LogP contribution is -2.32. The number of anilines is 1. The molecule has 0 aliphatic rings. The number of nitrogens with one attached hydrogen (secondary N) is 2. The van der Waals surface area contributed by atoms with E-state index in [9.17, 15) is 4.79 Å². The first-order valence-electron chi connectivity index (χ1n) is 5.39. The van der Waals surface area contributed by atoms with E-state index in [4.69, 9.17) is 16.3 Å². The molecule has 0 radical (unpaired) electrons. The lowest BCUT2D eigenvalue weighted by Gasteiger charge is -2.11. The quantitative estimate of drug-likeness (QED) is 0.764. The fourth-order valence-electron chi connectivity index (χ4n) is 1.38. The van der Waals surface area contributed by atoms with Gasteiger partial charge in [0.1, 0.15) is 0 Å². The summed E-state index contributed by atoms with van der Waals surface area (Å²) in [4.78, 5) is 11.4. The third-order valence-corrected chi connectivity index (χ3v) is 2.59. The molecular formula is C12H17ClN2O2. The van der Waals surface area contributed by atoms with Crippen molar-refractivity contribution in [1.29, 1.82) is 0 Å². The van der Waals surface area contributed by atoms with Crippen LogP contribution in [0.15, 0.2) is 18.2 Å². The molecule has 1 aromatic carbocycles. The van der Waals surface area contributed by atoms with E-state index < -0.39 is 0 Å². The van der Waals surface area contributed by atoms with Crippen molar-refractivity contribution in [2.24, 2.45) is 0 Å². The van der Waals surface area contributed by atoms with Crippen LogP contribution >= 0.6 is 11.6 Å². The first kappa shape index (κ1) is 13.8. The summed E-state index contributed by atoms with van der Waals surface area (Å²) in [6.45, 7) is 3.17. The first-order valence-corrected chi connectivity index (χ1v) is 5.77. The SMILES string of the molecule is COCCNC(=O)CNc1c(C)cccc1Cl. The molecule has 4 nitrogen and oxygen atoms in total. The summed E-state index contributed by atoms with van der Waals surface area (Å²) in [6.07, 6.45) is 0. The molecule has 5 heteroatoms. The van der Waals surface area contributed by atoms with Crippen molar-refractivity contribution in [3.05, 3.63) is 28.8 Å². The average molecular weight is 257 g/mol. The van der Waals surface area contributed by atoms with E-state index in [1.54, 1.807) is 13.2 Å². The molecule has 0 aliphatic carbocycles. The first-order chi connectivity index (χ1) is 8.15. The number of carbonyl (C=O) groups is 1. The number of para-hydroxylation sites is 1. The smallest absolute Gasteiger partial charge is 0.239 e. The van der Waals surface area contributed by atoms with Gasteiger partial charge in [0.05, 0.1) is 23.9 Å². The van der Waals surface area contributed by atoms with Crippen LogP contribution in [-0.4, -0.2) is 32.7 Å². The molecule has 0 saturated carbocycles. The Labute approximate surface area is 106 Å². The summed E-state index contributed by atoms with van der Waals surface area (Å²) in [6, 6.07) is 5.61. The molecule has 0 heterocycles. The largest absolute Gasteiger partial charge is 0.383 e.